The maximum atomic E-state index is 13.5. The van der Waals surface area contributed by atoms with Gasteiger partial charge in [0.05, 0.1) is 30.7 Å². The molecule has 0 spiro atoms. The Labute approximate surface area is 198 Å². The molecule has 0 unspecified atom stereocenters. The van der Waals surface area contributed by atoms with Gasteiger partial charge in [-0.1, -0.05) is 24.3 Å². The van der Waals surface area contributed by atoms with Crippen molar-refractivity contribution in [2.45, 2.75) is 27.0 Å². The monoisotopic (exact) mass is 459 g/mol. The van der Waals surface area contributed by atoms with Crippen LogP contribution in [0.25, 0.3) is 0 Å². The summed E-state index contributed by atoms with van der Waals surface area (Å²) in [6.45, 7) is 4.53. The van der Waals surface area contributed by atoms with Crippen LogP contribution in [0, 0.1) is 19.7 Å². The molecule has 34 heavy (non-hydrogen) atoms. The molecule has 0 fully saturated rings. The SMILES string of the molecule is COc1ccc(OCc2ccc(C(=O)Nc3c(C)nn(Cc4cccc(F)c4)c3C)cc2)cc1. The van der Waals surface area contributed by atoms with Gasteiger partial charge in [-0.2, -0.15) is 5.10 Å². The number of aryl methyl sites for hydroxylation is 1. The van der Waals surface area contributed by atoms with E-state index in [1.54, 1.807) is 30.0 Å². The minimum atomic E-state index is -0.287. The number of carbonyl (C=O) groups excluding carboxylic acids is 1. The predicted octanol–water partition coefficient (Wildman–Crippen LogP) is 5.53. The number of hydrogen-bond acceptors (Lipinski definition) is 4. The number of nitrogens with one attached hydrogen (secondary N) is 1. The van der Waals surface area contributed by atoms with Gasteiger partial charge in [0.25, 0.3) is 5.91 Å². The quantitative estimate of drug-likeness (QED) is 0.376. The highest BCUT2D eigenvalue weighted by atomic mass is 19.1. The summed E-state index contributed by atoms with van der Waals surface area (Å²) in [6, 6.07) is 21.0. The first-order chi connectivity index (χ1) is 16.4. The fourth-order valence-corrected chi connectivity index (χ4v) is 3.62. The van der Waals surface area contributed by atoms with Gasteiger partial charge in [-0.3, -0.25) is 9.48 Å². The second-order valence-corrected chi connectivity index (χ2v) is 7.95. The van der Waals surface area contributed by atoms with Crippen molar-refractivity contribution in [2.24, 2.45) is 0 Å². The van der Waals surface area contributed by atoms with Gasteiger partial charge >= 0.3 is 0 Å². The van der Waals surface area contributed by atoms with E-state index < -0.39 is 0 Å². The molecule has 0 radical (unpaired) electrons. The van der Waals surface area contributed by atoms with Gasteiger partial charge in [-0.05, 0) is 73.5 Å². The zero-order chi connectivity index (χ0) is 24.1. The van der Waals surface area contributed by atoms with E-state index in [0.717, 1.165) is 28.3 Å². The molecule has 0 aliphatic heterocycles. The van der Waals surface area contributed by atoms with Crippen molar-refractivity contribution < 1.29 is 18.7 Å². The molecule has 0 aliphatic carbocycles. The maximum absolute atomic E-state index is 13.5. The van der Waals surface area contributed by atoms with E-state index in [1.807, 2.05) is 56.3 Å². The number of amides is 1. The lowest BCUT2D eigenvalue weighted by Gasteiger charge is -2.09. The third-order valence-electron chi connectivity index (χ3n) is 5.52. The summed E-state index contributed by atoms with van der Waals surface area (Å²) in [4.78, 5) is 12.8. The molecule has 0 bridgehead atoms. The molecule has 0 atom stereocenters. The average molecular weight is 460 g/mol. The molecule has 0 aliphatic rings. The molecule has 1 heterocycles. The van der Waals surface area contributed by atoms with E-state index in [1.165, 1.54) is 12.1 Å². The third kappa shape index (κ3) is 5.43. The first-order valence-corrected chi connectivity index (χ1v) is 10.9. The topological polar surface area (TPSA) is 65.4 Å². The number of nitrogens with zero attached hydrogens (tertiary/aromatic N) is 2. The predicted molar refractivity (Wildman–Crippen MR) is 129 cm³/mol. The van der Waals surface area contributed by atoms with Crippen LogP contribution in [0.15, 0.2) is 72.8 Å². The molecule has 1 N–H and O–H groups in total. The summed E-state index contributed by atoms with van der Waals surface area (Å²) in [5, 5.41) is 7.48. The number of benzene rings is 3. The summed E-state index contributed by atoms with van der Waals surface area (Å²) in [5.74, 6) is 1.00. The fourth-order valence-electron chi connectivity index (χ4n) is 3.62. The summed E-state index contributed by atoms with van der Waals surface area (Å²) in [7, 11) is 1.62. The van der Waals surface area contributed by atoms with Crippen LogP contribution < -0.4 is 14.8 Å². The molecule has 7 heteroatoms. The Morgan fingerprint density at radius 2 is 1.68 bits per heavy atom. The van der Waals surface area contributed by atoms with Crippen molar-refractivity contribution in [3.8, 4) is 11.5 Å². The van der Waals surface area contributed by atoms with Crippen LogP contribution in [0.5, 0.6) is 11.5 Å². The Balaban J connectivity index is 1.39. The molecule has 6 nitrogen and oxygen atoms in total. The second kappa shape index (κ2) is 10.2. The highest BCUT2D eigenvalue weighted by molar-refractivity contribution is 6.04. The zero-order valence-corrected chi connectivity index (χ0v) is 19.3. The Morgan fingerprint density at radius 3 is 2.35 bits per heavy atom. The Morgan fingerprint density at radius 1 is 0.971 bits per heavy atom. The number of carbonyl (C=O) groups is 1. The lowest BCUT2D eigenvalue weighted by Crippen LogP contribution is -2.13. The number of rotatable bonds is 8. The van der Waals surface area contributed by atoms with Gasteiger partial charge in [0.15, 0.2) is 0 Å². The van der Waals surface area contributed by atoms with Crippen LogP contribution in [-0.4, -0.2) is 22.8 Å². The number of methoxy groups -OCH3 is 1. The Bertz CT molecular complexity index is 1280. The standard InChI is InChI=1S/C27H26FN3O3/c1-18-26(19(2)31(30-18)16-21-5-4-6-23(28)15-21)29-27(32)22-9-7-20(8-10-22)17-34-25-13-11-24(33-3)12-14-25/h4-15H,16-17H2,1-3H3,(H,29,32). The fraction of sp³-hybridized carbons (Fsp3) is 0.185. The molecule has 1 aromatic heterocycles. The summed E-state index contributed by atoms with van der Waals surface area (Å²) < 4.78 is 26.2. The van der Waals surface area contributed by atoms with Crippen molar-refractivity contribution in [1.29, 1.82) is 0 Å². The van der Waals surface area contributed by atoms with Gasteiger partial charge < -0.3 is 14.8 Å². The van der Waals surface area contributed by atoms with Crippen molar-refractivity contribution >= 4 is 11.6 Å². The van der Waals surface area contributed by atoms with Crippen molar-refractivity contribution in [3.63, 3.8) is 0 Å². The molecule has 3 aromatic carbocycles. The normalized spacial score (nSPS) is 10.7. The largest absolute Gasteiger partial charge is 0.497 e. The van der Waals surface area contributed by atoms with E-state index in [9.17, 15) is 9.18 Å². The first kappa shape index (κ1) is 23.0. The summed E-state index contributed by atoms with van der Waals surface area (Å²) >= 11 is 0. The second-order valence-electron chi connectivity index (χ2n) is 7.95. The molecule has 0 saturated carbocycles. The maximum Gasteiger partial charge on any atom is 0.255 e. The zero-order valence-electron chi connectivity index (χ0n) is 19.3. The first-order valence-electron chi connectivity index (χ1n) is 10.9. The lowest BCUT2D eigenvalue weighted by atomic mass is 10.1. The number of hydrogen-bond donors (Lipinski definition) is 1. The number of anilines is 1. The van der Waals surface area contributed by atoms with Crippen LogP contribution >= 0.6 is 0 Å². The smallest absolute Gasteiger partial charge is 0.255 e. The van der Waals surface area contributed by atoms with Gasteiger partial charge in [-0.25, -0.2) is 4.39 Å². The van der Waals surface area contributed by atoms with Crippen LogP contribution in [0.3, 0.4) is 0 Å². The molecule has 4 aromatic rings. The lowest BCUT2D eigenvalue weighted by molar-refractivity contribution is 0.102. The minimum absolute atomic E-state index is 0.223. The average Bonchev–Trinajstić information content (AvgIpc) is 3.10. The number of halogens is 1. The molecular weight excluding hydrogens is 433 g/mol. The number of ether oxygens (including phenoxy) is 2. The van der Waals surface area contributed by atoms with Crippen LogP contribution in [0.4, 0.5) is 10.1 Å². The summed E-state index contributed by atoms with van der Waals surface area (Å²) in [6.07, 6.45) is 0. The van der Waals surface area contributed by atoms with E-state index in [0.29, 0.717) is 30.1 Å². The minimum Gasteiger partial charge on any atom is -0.497 e. The van der Waals surface area contributed by atoms with Gasteiger partial charge in [0, 0.05) is 5.56 Å². The Kier molecular flexibility index (Phi) is 6.92. The molecule has 1 amide bonds. The van der Waals surface area contributed by atoms with Gasteiger partial charge in [-0.15, -0.1) is 0 Å². The summed E-state index contributed by atoms with van der Waals surface area (Å²) in [5.41, 5.74) is 4.45. The molecule has 0 saturated heterocycles. The Hall–Kier alpha value is -4.13. The van der Waals surface area contributed by atoms with E-state index in [4.69, 9.17) is 9.47 Å². The number of aromatic nitrogens is 2. The highest BCUT2D eigenvalue weighted by Gasteiger charge is 2.16. The van der Waals surface area contributed by atoms with Crippen molar-refractivity contribution in [3.05, 3.63) is 107 Å². The van der Waals surface area contributed by atoms with Crippen LogP contribution in [0.2, 0.25) is 0 Å². The third-order valence-corrected chi connectivity index (χ3v) is 5.52. The van der Waals surface area contributed by atoms with E-state index in [-0.39, 0.29) is 11.7 Å². The molecule has 174 valence electrons. The van der Waals surface area contributed by atoms with Crippen LogP contribution in [-0.2, 0) is 13.2 Å². The van der Waals surface area contributed by atoms with Gasteiger partial charge in [0.2, 0.25) is 0 Å². The van der Waals surface area contributed by atoms with E-state index in [2.05, 4.69) is 10.4 Å². The molecule has 4 rings (SSSR count). The van der Waals surface area contributed by atoms with Crippen molar-refractivity contribution in [1.82, 2.24) is 9.78 Å². The van der Waals surface area contributed by atoms with Crippen LogP contribution in [0.1, 0.15) is 32.9 Å². The highest BCUT2D eigenvalue weighted by Crippen LogP contribution is 2.22. The molecular formula is C27H26FN3O3. The van der Waals surface area contributed by atoms with E-state index >= 15 is 0 Å². The van der Waals surface area contributed by atoms with Gasteiger partial charge in [0.1, 0.15) is 23.9 Å². The van der Waals surface area contributed by atoms with Crippen molar-refractivity contribution in [2.75, 3.05) is 12.4 Å².